The fourth-order valence-corrected chi connectivity index (χ4v) is 3.47. The molecule has 0 saturated carbocycles. The Labute approximate surface area is 131 Å². The highest BCUT2D eigenvalue weighted by Crippen LogP contribution is 2.20. The zero-order chi connectivity index (χ0) is 15.1. The molecule has 21 heavy (non-hydrogen) atoms. The van der Waals surface area contributed by atoms with E-state index in [1.54, 1.807) is 11.3 Å². The summed E-state index contributed by atoms with van der Waals surface area (Å²) in [6.07, 6.45) is 9.72. The van der Waals surface area contributed by atoms with Crippen molar-refractivity contribution >= 4 is 17.2 Å². The van der Waals surface area contributed by atoms with E-state index in [0.717, 1.165) is 30.1 Å². The number of hydrogen-bond acceptors (Lipinski definition) is 3. The van der Waals surface area contributed by atoms with Gasteiger partial charge in [0.25, 0.3) is 0 Å². The first-order chi connectivity index (χ1) is 10.1. The van der Waals surface area contributed by atoms with Gasteiger partial charge in [-0.3, -0.25) is 4.79 Å². The molecule has 0 aliphatic heterocycles. The third kappa shape index (κ3) is 5.62. The molecule has 0 aromatic carbocycles. The number of thiazole rings is 1. The summed E-state index contributed by atoms with van der Waals surface area (Å²) in [5, 5.41) is 6.20. The Balaban J connectivity index is 1.63. The van der Waals surface area contributed by atoms with Crippen molar-refractivity contribution in [2.75, 3.05) is 6.54 Å². The van der Waals surface area contributed by atoms with E-state index in [2.05, 4.69) is 35.6 Å². The third-order valence-electron chi connectivity index (χ3n) is 3.88. The van der Waals surface area contributed by atoms with Crippen molar-refractivity contribution < 1.29 is 4.79 Å². The molecule has 0 spiro atoms. The Bertz CT molecular complexity index is 491. The minimum atomic E-state index is 0.146. The van der Waals surface area contributed by atoms with Gasteiger partial charge in [-0.2, -0.15) is 0 Å². The number of nitrogens with one attached hydrogen (secondary N) is 1. The maximum absolute atomic E-state index is 11.8. The molecule has 1 amide bonds. The van der Waals surface area contributed by atoms with Gasteiger partial charge in [-0.25, -0.2) is 4.98 Å². The van der Waals surface area contributed by atoms with Gasteiger partial charge in [0.2, 0.25) is 5.91 Å². The fourth-order valence-electron chi connectivity index (χ4n) is 2.51. The maximum atomic E-state index is 11.8. The first-order valence-electron chi connectivity index (χ1n) is 8.04. The zero-order valence-corrected chi connectivity index (χ0v) is 14.0. The van der Waals surface area contributed by atoms with Crippen LogP contribution >= 0.6 is 11.3 Å². The van der Waals surface area contributed by atoms with Gasteiger partial charge < -0.3 is 5.32 Å². The van der Waals surface area contributed by atoms with E-state index >= 15 is 0 Å². The van der Waals surface area contributed by atoms with Crippen LogP contribution in [0.5, 0.6) is 0 Å². The average molecular weight is 306 g/mol. The van der Waals surface area contributed by atoms with Crippen molar-refractivity contribution in [1.29, 1.82) is 0 Å². The summed E-state index contributed by atoms with van der Waals surface area (Å²) >= 11 is 1.67. The molecule has 1 aromatic rings. The van der Waals surface area contributed by atoms with Gasteiger partial charge in [0.05, 0.1) is 10.7 Å². The Morgan fingerprint density at radius 3 is 2.90 bits per heavy atom. The summed E-state index contributed by atoms with van der Waals surface area (Å²) < 4.78 is 0. The zero-order valence-electron chi connectivity index (χ0n) is 13.2. The van der Waals surface area contributed by atoms with E-state index in [-0.39, 0.29) is 5.91 Å². The molecule has 0 bridgehead atoms. The average Bonchev–Trinajstić information content (AvgIpc) is 2.95. The monoisotopic (exact) mass is 306 g/mol. The molecule has 116 valence electrons. The largest absolute Gasteiger partial charge is 0.356 e. The molecule has 4 heteroatoms. The van der Waals surface area contributed by atoms with Crippen LogP contribution in [0.25, 0.3) is 0 Å². The molecule has 1 N–H and O–H groups in total. The summed E-state index contributed by atoms with van der Waals surface area (Å²) in [6, 6.07) is 0. The molecular formula is C17H26N2OS. The Hall–Kier alpha value is -1.16. The number of hydrogen-bond donors (Lipinski definition) is 1. The van der Waals surface area contributed by atoms with Crippen LogP contribution in [0, 0.1) is 0 Å². The van der Waals surface area contributed by atoms with E-state index in [9.17, 15) is 4.79 Å². The summed E-state index contributed by atoms with van der Waals surface area (Å²) in [5.74, 6) is 0.611. The number of allylic oxidation sites excluding steroid dienone is 1. The van der Waals surface area contributed by atoms with Crippen LogP contribution in [0.4, 0.5) is 0 Å². The first kappa shape index (κ1) is 16.2. The molecule has 0 saturated heterocycles. The van der Waals surface area contributed by atoms with E-state index in [1.807, 2.05) is 0 Å². The maximum Gasteiger partial charge on any atom is 0.220 e. The molecule has 0 radical (unpaired) electrons. The lowest BCUT2D eigenvalue weighted by molar-refractivity contribution is -0.121. The Morgan fingerprint density at radius 1 is 1.38 bits per heavy atom. The van der Waals surface area contributed by atoms with Crippen molar-refractivity contribution in [3.8, 4) is 0 Å². The van der Waals surface area contributed by atoms with E-state index in [4.69, 9.17) is 0 Å². The molecule has 0 fully saturated rings. The number of nitrogens with zero attached hydrogens (tertiary/aromatic N) is 1. The van der Waals surface area contributed by atoms with Crippen LogP contribution in [-0.2, 0) is 11.2 Å². The normalized spacial score (nSPS) is 15.1. The second-order valence-corrected chi connectivity index (χ2v) is 6.97. The predicted molar refractivity (Wildman–Crippen MR) is 88.7 cm³/mol. The van der Waals surface area contributed by atoms with Crippen LogP contribution in [-0.4, -0.2) is 17.4 Å². The number of carbonyl (C=O) groups excluding carboxylic acids is 1. The quantitative estimate of drug-likeness (QED) is 0.767. The molecule has 1 aliphatic carbocycles. The highest BCUT2D eigenvalue weighted by atomic mass is 32.1. The van der Waals surface area contributed by atoms with Crippen molar-refractivity contribution in [2.45, 2.75) is 64.7 Å². The van der Waals surface area contributed by atoms with Gasteiger partial charge in [0, 0.05) is 24.8 Å². The van der Waals surface area contributed by atoms with Crippen LogP contribution in [0.1, 0.15) is 69.0 Å². The highest BCUT2D eigenvalue weighted by Gasteiger charge is 2.08. The van der Waals surface area contributed by atoms with Crippen molar-refractivity contribution in [1.82, 2.24) is 10.3 Å². The number of rotatable bonds is 7. The molecule has 1 aromatic heterocycles. The molecule has 3 nitrogen and oxygen atoms in total. The number of aromatic nitrogens is 1. The fraction of sp³-hybridized carbons (Fsp3) is 0.647. The molecular weight excluding hydrogens is 280 g/mol. The second-order valence-electron chi connectivity index (χ2n) is 6.03. The van der Waals surface area contributed by atoms with Gasteiger partial charge in [-0.1, -0.05) is 25.5 Å². The van der Waals surface area contributed by atoms with Crippen LogP contribution in [0.15, 0.2) is 17.0 Å². The SMILES string of the molecule is CC(C)c1csc(CCC(=O)NCCC2=CCCCC2)n1. The lowest BCUT2D eigenvalue weighted by Gasteiger charge is -2.12. The number of carbonyl (C=O) groups is 1. The van der Waals surface area contributed by atoms with E-state index < -0.39 is 0 Å². The van der Waals surface area contributed by atoms with Crippen molar-refractivity contribution in [3.05, 3.63) is 27.7 Å². The van der Waals surface area contributed by atoms with Crippen molar-refractivity contribution in [3.63, 3.8) is 0 Å². The summed E-state index contributed by atoms with van der Waals surface area (Å²) in [7, 11) is 0. The smallest absolute Gasteiger partial charge is 0.220 e. The molecule has 2 rings (SSSR count). The van der Waals surface area contributed by atoms with E-state index in [0.29, 0.717) is 12.3 Å². The van der Waals surface area contributed by atoms with Gasteiger partial charge in [0.1, 0.15) is 0 Å². The van der Waals surface area contributed by atoms with Crippen LogP contribution in [0.3, 0.4) is 0 Å². The molecule has 1 heterocycles. The first-order valence-corrected chi connectivity index (χ1v) is 8.92. The van der Waals surface area contributed by atoms with Gasteiger partial charge in [-0.15, -0.1) is 11.3 Å². The lowest BCUT2D eigenvalue weighted by Crippen LogP contribution is -2.25. The Kier molecular flexibility index (Phi) is 6.43. The van der Waals surface area contributed by atoms with E-state index in [1.165, 1.54) is 31.3 Å². The molecule has 0 atom stereocenters. The van der Waals surface area contributed by atoms with Crippen LogP contribution in [0.2, 0.25) is 0 Å². The minimum Gasteiger partial charge on any atom is -0.356 e. The van der Waals surface area contributed by atoms with Gasteiger partial charge >= 0.3 is 0 Å². The topological polar surface area (TPSA) is 42.0 Å². The second kappa shape index (κ2) is 8.32. The standard InChI is InChI=1S/C17H26N2OS/c1-13(2)15-12-21-17(19-15)9-8-16(20)18-11-10-14-6-4-3-5-7-14/h6,12-13H,3-5,7-11H2,1-2H3,(H,18,20). The minimum absolute atomic E-state index is 0.146. The summed E-state index contributed by atoms with van der Waals surface area (Å²) in [5.41, 5.74) is 2.66. The van der Waals surface area contributed by atoms with Gasteiger partial charge in [-0.05, 0) is 38.0 Å². The third-order valence-corrected chi connectivity index (χ3v) is 4.81. The van der Waals surface area contributed by atoms with Crippen molar-refractivity contribution in [2.24, 2.45) is 0 Å². The number of amides is 1. The lowest BCUT2D eigenvalue weighted by atomic mass is 9.97. The van der Waals surface area contributed by atoms with Gasteiger partial charge in [0.15, 0.2) is 0 Å². The summed E-state index contributed by atoms with van der Waals surface area (Å²) in [4.78, 5) is 16.4. The van der Waals surface area contributed by atoms with Crippen LogP contribution < -0.4 is 5.32 Å². The highest BCUT2D eigenvalue weighted by molar-refractivity contribution is 7.09. The molecule has 0 unspecified atom stereocenters. The Morgan fingerprint density at radius 2 is 2.24 bits per heavy atom. The predicted octanol–water partition coefficient (Wildman–Crippen LogP) is 4.21. The molecule has 1 aliphatic rings. The summed E-state index contributed by atoms with van der Waals surface area (Å²) in [6.45, 7) is 5.07. The number of aryl methyl sites for hydroxylation is 1.